The average Bonchev–Trinajstić information content (AvgIpc) is 3.20. The van der Waals surface area contributed by atoms with Gasteiger partial charge in [-0.2, -0.15) is 0 Å². The Morgan fingerprint density at radius 1 is 1.03 bits per heavy atom. The van der Waals surface area contributed by atoms with Crippen molar-refractivity contribution in [3.05, 3.63) is 48.6 Å². The molecular weight excluding hydrogens is 514 g/mol. The third-order valence-corrected chi connectivity index (χ3v) is 10.3. The summed E-state index contributed by atoms with van der Waals surface area (Å²) in [6.07, 6.45) is 8.05. The van der Waals surface area contributed by atoms with E-state index in [-0.39, 0.29) is 41.5 Å². The summed E-state index contributed by atoms with van der Waals surface area (Å²) in [5.41, 5.74) is 0.743. The molecule has 1 unspecified atom stereocenters. The largest absolute Gasteiger partial charge is 0.494 e. The fourth-order valence-corrected chi connectivity index (χ4v) is 8.65. The normalized spacial score (nSPS) is 31.0. The molecule has 4 heterocycles. The molecule has 2 fully saturated rings. The van der Waals surface area contributed by atoms with Gasteiger partial charge in [0.05, 0.1) is 35.8 Å². The Morgan fingerprint density at radius 2 is 1.74 bits per heavy atom. The Labute approximate surface area is 235 Å². The molecule has 1 aromatic carbocycles. The van der Waals surface area contributed by atoms with Gasteiger partial charge in [0.1, 0.15) is 11.8 Å². The van der Waals surface area contributed by atoms with Gasteiger partial charge in [-0.05, 0) is 51.0 Å². The first-order valence-corrected chi connectivity index (χ1v) is 14.8. The van der Waals surface area contributed by atoms with E-state index < -0.39 is 28.7 Å². The lowest BCUT2D eigenvalue weighted by atomic mass is 9.78. The number of aliphatic hydroxyl groups is 1. The highest BCUT2D eigenvalue weighted by atomic mass is 32.2. The Morgan fingerprint density at radius 3 is 2.36 bits per heavy atom. The number of hydrogen-bond acceptors (Lipinski definition) is 6. The molecule has 0 aromatic heterocycles. The summed E-state index contributed by atoms with van der Waals surface area (Å²) < 4.78 is 4.68. The van der Waals surface area contributed by atoms with Crippen molar-refractivity contribution in [2.24, 2.45) is 17.8 Å². The number of nitrogens with zero attached hydrogens (tertiary/aromatic N) is 3. The zero-order valence-corrected chi connectivity index (χ0v) is 24.1. The van der Waals surface area contributed by atoms with Gasteiger partial charge in [0.2, 0.25) is 17.7 Å². The maximum atomic E-state index is 14.4. The number of likely N-dealkylation sites (tertiary alicyclic amines) is 1. The van der Waals surface area contributed by atoms with Crippen molar-refractivity contribution in [1.29, 1.82) is 0 Å². The number of carbonyl (C=O) groups excluding carboxylic acids is 3. The molecular formula is C30H39N3O5S. The van der Waals surface area contributed by atoms with E-state index in [1.165, 1.54) is 0 Å². The van der Waals surface area contributed by atoms with E-state index >= 15 is 0 Å². The van der Waals surface area contributed by atoms with Gasteiger partial charge >= 0.3 is 0 Å². The lowest BCUT2D eigenvalue weighted by Crippen LogP contribution is -2.58. The van der Waals surface area contributed by atoms with Crippen LogP contribution in [0.3, 0.4) is 0 Å². The van der Waals surface area contributed by atoms with Crippen molar-refractivity contribution < 1.29 is 24.2 Å². The SMILES string of the molecule is CCOc1ccc(N2CC=C[C@@H]3S[C@]45C=CCN(C(C)C)C(=O)C4N([C@@H](CO)C(C)C)C(=O)[C@@H]5[C@@H]3C2=O)cc1. The van der Waals surface area contributed by atoms with Gasteiger partial charge in [-0.3, -0.25) is 14.4 Å². The highest BCUT2D eigenvalue weighted by Gasteiger charge is 2.72. The Hall–Kier alpha value is -2.78. The number of carbonyl (C=O) groups is 3. The first kappa shape index (κ1) is 27.8. The number of amides is 3. The minimum Gasteiger partial charge on any atom is -0.494 e. The molecule has 2 saturated heterocycles. The molecule has 210 valence electrons. The number of ether oxygens (including phenoxy) is 1. The number of fused-ring (bicyclic) bond motifs is 2. The predicted octanol–water partition coefficient (Wildman–Crippen LogP) is 3.11. The van der Waals surface area contributed by atoms with E-state index in [4.69, 9.17) is 4.74 Å². The van der Waals surface area contributed by atoms with Crippen LogP contribution in [0.4, 0.5) is 5.69 Å². The maximum absolute atomic E-state index is 14.4. The van der Waals surface area contributed by atoms with Crippen LogP contribution in [0.15, 0.2) is 48.6 Å². The van der Waals surface area contributed by atoms with Crippen molar-refractivity contribution in [3.8, 4) is 5.75 Å². The van der Waals surface area contributed by atoms with Gasteiger partial charge in [-0.1, -0.05) is 38.2 Å². The van der Waals surface area contributed by atoms with Gasteiger partial charge in [0.25, 0.3) is 0 Å². The fourth-order valence-electron chi connectivity index (χ4n) is 6.66. The number of anilines is 1. The van der Waals surface area contributed by atoms with Gasteiger partial charge in [-0.25, -0.2) is 0 Å². The summed E-state index contributed by atoms with van der Waals surface area (Å²) in [6.45, 7) is 10.9. The molecule has 5 rings (SSSR count). The zero-order valence-electron chi connectivity index (χ0n) is 23.3. The summed E-state index contributed by atoms with van der Waals surface area (Å²) in [7, 11) is 0. The summed E-state index contributed by atoms with van der Waals surface area (Å²) >= 11 is 1.57. The molecule has 0 aliphatic carbocycles. The smallest absolute Gasteiger partial charge is 0.247 e. The zero-order chi connectivity index (χ0) is 28.1. The molecule has 1 N–H and O–H groups in total. The molecule has 0 bridgehead atoms. The van der Waals surface area contributed by atoms with Crippen LogP contribution in [0.25, 0.3) is 0 Å². The van der Waals surface area contributed by atoms with E-state index in [1.807, 2.05) is 83.2 Å². The highest BCUT2D eigenvalue weighted by molar-refractivity contribution is 8.02. The monoisotopic (exact) mass is 553 g/mol. The van der Waals surface area contributed by atoms with Crippen LogP contribution < -0.4 is 9.64 Å². The van der Waals surface area contributed by atoms with Gasteiger partial charge < -0.3 is 24.5 Å². The third-order valence-electron chi connectivity index (χ3n) is 8.52. The molecule has 9 heteroatoms. The summed E-state index contributed by atoms with van der Waals surface area (Å²) in [4.78, 5) is 48.1. The Bertz CT molecular complexity index is 1180. The molecule has 1 aromatic rings. The second-order valence-electron chi connectivity index (χ2n) is 11.4. The number of aliphatic hydroxyl groups excluding tert-OH is 1. The number of benzene rings is 1. The van der Waals surface area contributed by atoms with Crippen molar-refractivity contribution >= 4 is 35.2 Å². The quantitative estimate of drug-likeness (QED) is 0.522. The molecule has 0 radical (unpaired) electrons. The van der Waals surface area contributed by atoms with Crippen LogP contribution in [-0.4, -0.2) is 87.1 Å². The number of rotatable bonds is 7. The van der Waals surface area contributed by atoms with E-state index in [9.17, 15) is 19.5 Å². The van der Waals surface area contributed by atoms with Crippen molar-refractivity contribution in [1.82, 2.24) is 9.80 Å². The second kappa shape index (κ2) is 10.7. The van der Waals surface area contributed by atoms with E-state index in [0.29, 0.717) is 19.7 Å². The van der Waals surface area contributed by atoms with Crippen molar-refractivity contribution in [2.75, 3.05) is 31.2 Å². The van der Waals surface area contributed by atoms with Crippen LogP contribution in [0.1, 0.15) is 34.6 Å². The van der Waals surface area contributed by atoms with Crippen LogP contribution in [-0.2, 0) is 14.4 Å². The molecule has 4 aliphatic heterocycles. The maximum Gasteiger partial charge on any atom is 0.247 e. The van der Waals surface area contributed by atoms with Crippen molar-refractivity contribution in [3.63, 3.8) is 0 Å². The van der Waals surface area contributed by atoms with Gasteiger partial charge in [-0.15, -0.1) is 11.8 Å². The minimum atomic E-state index is -0.892. The first-order valence-electron chi connectivity index (χ1n) is 14.0. The number of thioether (sulfide) groups is 1. The molecule has 8 nitrogen and oxygen atoms in total. The molecule has 0 saturated carbocycles. The molecule has 39 heavy (non-hydrogen) atoms. The Kier molecular flexibility index (Phi) is 7.59. The third kappa shape index (κ3) is 4.38. The molecule has 4 aliphatic rings. The number of hydrogen-bond donors (Lipinski definition) is 1. The van der Waals surface area contributed by atoms with Crippen molar-refractivity contribution in [2.45, 2.75) is 62.7 Å². The first-order chi connectivity index (χ1) is 18.7. The summed E-state index contributed by atoms with van der Waals surface area (Å²) in [5, 5.41) is 10.2. The Balaban J connectivity index is 1.59. The lowest BCUT2D eigenvalue weighted by molar-refractivity contribution is -0.147. The van der Waals surface area contributed by atoms with E-state index in [0.717, 1.165) is 11.4 Å². The van der Waals surface area contributed by atoms with Crippen LogP contribution >= 0.6 is 11.8 Å². The van der Waals surface area contributed by atoms with Gasteiger partial charge in [0.15, 0.2) is 0 Å². The fraction of sp³-hybridized carbons (Fsp3) is 0.567. The second-order valence-corrected chi connectivity index (χ2v) is 12.9. The van der Waals surface area contributed by atoms with Crippen LogP contribution in [0.5, 0.6) is 5.75 Å². The molecule has 3 amide bonds. The minimum absolute atomic E-state index is 0.0477. The highest BCUT2D eigenvalue weighted by Crippen LogP contribution is 2.61. The van der Waals surface area contributed by atoms with Crippen LogP contribution in [0, 0.1) is 17.8 Å². The summed E-state index contributed by atoms with van der Waals surface area (Å²) in [6, 6.07) is 6.09. The standard InChI is InChI=1S/C30H39N3O5S/c1-6-38-21-12-10-20(11-13-21)32-15-7-9-23-24(27(32)35)25-28(36)33(22(17-34)18(2)3)26-29(37)31(19(4)5)16-8-14-30(25,26)39-23/h7-14,18-19,22-26,34H,6,15-17H2,1-5H3/t22-,23-,24+,25-,26?,30-/m0/s1. The van der Waals surface area contributed by atoms with Crippen LogP contribution in [0.2, 0.25) is 0 Å². The van der Waals surface area contributed by atoms with E-state index in [1.54, 1.807) is 26.5 Å². The summed E-state index contributed by atoms with van der Waals surface area (Å²) in [5.74, 6) is -1.12. The van der Waals surface area contributed by atoms with E-state index in [2.05, 4.69) is 0 Å². The molecule has 6 atom stereocenters. The lowest BCUT2D eigenvalue weighted by Gasteiger charge is -2.40. The molecule has 1 spiro atoms. The van der Waals surface area contributed by atoms with Gasteiger partial charge in [0, 0.05) is 30.1 Å². The topological polar surface area (TPSA) is 90.4 Å². The predicted molar refractivity (Wildman–Crippen MR) is 153 cm³/mol. The average molecular weight is 554 g/mol.